The lowest BCUT2D eigenvalue weighted by Gasteiger charge is -2.23. The molecule has 0 spiro atoms. The zero-order valence-corrected chi connectivity index (χ0v) is 18.9. The molecule has 0 bridgehead atoms. The van der Waals surface area contributed by atoms with Crippen molar-refractivity contribution < 1.29 is 23.1 Å². The minimum absolute atomic E-state index is 0.0468. The molecule has 3 aromatic rings. The predicted molar refractivity (Wildman–Crippen MR) is 127 cm³/mol. The normalized spacial score (nSPS) is 12.9. The molecule has 0 aliphatic carbocycles. The summed E-state index contributed by atoms with van der Waals surface area (Å²) in [6.45, 7) is 5.55. The zero-order valence-electron chi connectivity index (χ0n) is 18.9. The maximum atomic E-state index is 14.4. The summed E-state index contributed by atoms with van der Waals surface area (Å²) in [7, 11) is 0. The van der Waals surface area contributed by atoms with E-state index in [1.807, 2.05) is 51.1 Å². The smallest absolute Gasteiger partial charge is 0.417 e. The SMILES string of the molecule is Cc1ccc(/C=C/c2cc(-c3ccccc3)cc(C(CC(C)C)C(=O)O)c2C(F)(F)F)cc1. The third kappa shape index (κ3) is 6.13. The van der Waals surface area contributed by atoms with E-state index in [-0.39, 0.29) is 23.5 Å². The van der Waals surface area contributed by atoms with Gasteiger partial charge >= 0.3 is 12.1 Å². The fourth-order valence-corrected chi connectivity index (χ4v) is 3.91. The van der Waals surface area contributed by atoms with Gasteiger partial charge in [0, 0.05) is 0 Å². The molecule has 0 saturated heterocycles. The Balaban J connectivity index is 2.28. The van der Waals surface area contributed by atoms with E-state index >= 15 is 0 Å². The third-order valence-electron chi connectivity index (χ3n) is 5.50. The molecule has 0 aromatic heterocycles. The maximum absolute atomic E-state index is 14.4. The lowest BCUT2D eigenvalue weighted by atomic mass is 9.83. The van der Waals surface area contributed by atoms with E-state index < -0.39 is 23.6 Å². The van der Waals surface area contributed by atoms with Crippen LogP contribution in [0, 0.1) is 12.8 Å². The predicted octanol–water partition coefficient (Wildman–Crippen LogP) is 8.07. The monoisotopic (exact) mass is 452 g/mol. The minimum atomic E-state index is -4.71. The van der Waals surface area contributed by atoms with Gasteiger partial charge in [-0.15, -0.1) is 0 Å². The lowest BCUT2D eigenvalue weighted by molar-refractivity contribution is -0.142. The van der Waals surface area contributed by atoms with Crippen LogP contribution in [-0.4, -0.2) is 11.1 Å². The summed E-state index contributed by atoms with van der Waals surface area (Å²) in [6.07, 6.45) is -1.54. The van der Waals surface area contributed by atoms with Gasteiger partial charge in [0.2, 0.25) is 0 Å². The van der Waals surface area contributed by atoms with Crippen molar-refractivity contribution in [3.8, 4) is 11.1 Å². The topological polar surface area (TPSA) is 37.3 Å². The van der Waals surface area contributed by atoms with Gasteiger partial charge in [-0.05, 0) is 59.2 Å². The summed E-state index contributed by atoms with van der Waals surface area (Å²) in [6, 6.07) is 19.4. The zero-order chi connectivity index (χ0) is 24.2. The van der Waals surface area contributed by atoms with Crippen molar-refractivity contribution in [1.82, 2.24) is 0 Å². The highest BCUT2D eigenvalue weighted by atomic mass is 19.4. The van der Waals surface area contributed by atoms with E-state index in [2.05, 4.69) is 0 Å². The summed E-state index contributed by atoms with van der Waals surface area (Å²) in [5.41, 5.74) is 1.96. The van der Waals surface area contributed by atoms with Crippen molar-refractivity contribution in [3.63, 3.8) is 0 Å². The van der Waals surface area contributed by atoms with Gasteiger partial charge in [-0.25, -0.2) is 0 Å². The fourth-order valence-electron chi connectivity index (χ4n) is 3.91. The molecule has 0 saturated carbocycles. The number of benzene rings is 3. The average molecular weight is 453 g/mol. The maximum Gasteiger partial charge on any atom is 0.417 e. The van der Waals surface area contributed by atoms with Crippen molar-refractivity contribution in [1.29, 1.82) is 0 Å². The van der Waals surface area contributed by atoms with Crippen LogP contribution in [-0.2, 0) is 11.0 Å². The number of carboxylic acid groups (broad SMARTS) is 1. The number of hydrogen-bond donors (Lipinski definition) is 1. The Hall–Kier alpha value is -3.34. The first kappa shape index (κ1) is 24.3. The molecular weight excluding hydrogens is 425 g/mol. The molecule has 0 fully saturated rings. The molecule has 0 heterocycles. The highest BCUT2D eigenvalue weighted by Gasteiger charge is 2.39. The molecule has 3 rings (SSSR count). The Morgan fingerprint density at radius 3 is 2.12 bits per heavy atom. The van der Waals surface area contributed by atoms with E-state index in [0.717, 1.165) is 16.7 Å². The summed E-state index contributed by atoms with van der Waals surface area (Å²) < 4.78 is 43.1. The molecular formula is C28H27F3O2. The summed E-state index contributed by atoms with van der Waals surface area (Å²) >= 11 is 0. The number of carboxylic acids is 1. The van der Waals surface area contributed by atoms with E-state index in [4.69, 9.17) is 0 Å². The molecule has 1 atom stereocenters. The Kier molecular flexibility index (Phi) is 7.42. The second kappa shape index (κ2) is 10.1. The van der Waals surface area contributed by atoms with Crippen LogP contribution in [0.5, 0.6) is 0 Å². The molecule has 1 unspecified atom stereocenters. The Morgan fingerprint density at radius 1 is 0.939 bits per heavy atom. The van der Waals surface area contributed by atoms with Gasteiger partial charge in [-0.1, -0.05) is 86.2 Å². The fraction of sp³-hybridized carbons (Fsp3) is 0.250. The molecule has 0 aliphatic heterocycles. The van der Waals surface area contributed by atoms with Gasteiger partial charge in [0.05, 0.1) is 11.5 Å². The van der Waals surface area contributed by atoms with Crippen molar-refractivity contribution in [2.24, 2.45) is 5.92 Å². The minimum Gasteiger partial charge on any atom is -0.481 e. The Labute approximate surface area is 192 Å². The van der Waals surface area contributed by atoms with Crippen LogP contribution in [0.1, 0.15) is 54.0 Å². The molecule has 3 aromatic carbocycles. The van der Waals surface area contributed by atoms with E-state index in [9.17, 15) is 23.1 Å². The average Bonchev–Trinajstić information content (AvgIpc) is 2.76. The number of hydrogen-bond acceptors (Lipinski definition) is 1. The highest BCUT2D eigenvalue weighted by molar-refractivity contribution is 5.82. The van der Waals surface area contributed by atoms with Crippen molar-refractivity contribution in [2.75, 3.05) is 0 Å². The number of alkyl halides is 3. The number of aliphatic carboxylic acids is 1. The summed E-state index contributed by atoms with van der Waals surface area (Å²) in [5, 5.41) is 9.87. The molecule has 0 radical (unpaired) electrons. The highest BCUT2D eigenvalue weighted by Crippen LogP contribution is 2.42. The Morgan fingerprint density at radius 2 is 1.58 bits per heavy atom. The molecule has 1 N–H and O–H groups in total. The van der Waals surface area contributed by atoms with Crippen LogP contribution >= 0.6 is 0 Å². The molecule has 0 amide bonds. The van der Waals surface area contributed by atoms with Gasteiger partial charge in [0.25, 0.3) is 0 Å². The van der Waals surface area contributed by atoms with Crippen LogP contribution in [0.25, 0.3) is 23.3 Å². The van der Waals surface area contributed by atoms with Crippen LogP contribution in [0.4, 0.5) is 13.2 Å². The van der Waals surface area contributed by atoms with E-state index in [1.165, 1.54) is 18.2 Å². The van der Waals surface area contributed by atoms with Gasteiger partial charge < -0.3 is 5.11 Å². The summed E-state index contributed by atoms with van der Waals surface area (Å²) in [4.78, 5) is 12.1. The Bertz CT molecular complexity index is 1130. The van der Waals surface area contributed by atoms with Crippen LogP contribution < -0.4 is 0 Å². The lowest BCUT2D eigenvalue weighted by Crippen LogP contribution is -2.20. The van der Waals surface area contributed by atoms with Crippen LogP contribution in [0.15, 0.2) is 66.7 Å². The van der Waals surface area contributed by atoms with Gasteiger partial charge in [0.1, 0.15) is 0 Å². The van der Waals surface area contributed by atoms with Gasteiger partial charge in [0.15, 0.2) is 0 Å². The second-order valence-corrected chi connectivity index (χ2v) is 8.66. The largest absolute Gasteiger partial charge is 0.481 e. The van der Waals surface area contributed by atoms with Crippen molar-refractivity contribution in [3.05, 3.63) is 94.5 Å². The first-order valence-electron chi connectivity index (χ1n) is 10.8. The number of aryl methyl sites for hydroxylation is 1. The molecule has 33 heavy (non-hydrogen) atoms. The quantitative estimate of drug-likeness (QED) is 0.368. The van der Waals surface area contributed by atoms with Crippen LogP contribution in [0.3, 0.4) is 0 Å². The van der Waals surface area contributed by atoms with Crippen molar-refractivity contribution >= 4 is 18.1 Å². The van der Waals surface area contributed by atoms with Crippen molar-refractivity contribution in [2.45, 2.75) is 39.3 Å². The number of carbonyl (C=O) groups is 1. The molecule has 172 valence electrons. The molecule has 2 nitrogen and oxygen atoms in total. The first-order valence-corrected chi connectivity index (χ1v) is 10.8. The van der Waals surface area contributed by atoms with Crippen LogP contribution in [0.2, 0.25) is 0 Å². The van der Waals surface area contributed by atoms with E-state index in [0.29, 0.717) is 5.56 Å². The first-order chi connectivity index (χ1) is 15.6. The third-order valence-corrected chi connectivity index (χ3v) is 5.50. The second-order valence-electron chi connectivity index (χ2n) is 8.66. The summed E-state index contributed by atoms with van der Waals surface area (Å²) in [5.74, 6) is -2.61. The van der Waals surface area contributed by atoms with Gasteiger partial charge in [-0.2, -0.15) is 13.2 Å². The molecule has 0 aliphatic rings. The van der Waals surface area contributed by atoms with E-state index in [1.54, 1.807) is 30.3 Å². The standard InChI is InChI=1S/C28H27F3O2/c1-18(2)15-25(27(32)33)24-17-23(21-7-5-4-6-8-21)16-22(26(24)28(29,30)31)14-13-20-11-9-19(3)10-12-20/h4-14,16-18,25H,15H2,1-3H3,(H,32,33)/b14-13+. The number of halogens is 3. The number of rotatable bonds is 7. The van der Waals surface area contributed by atoms with Gasteiger partial charge in [-0.3, -0.25) is 4.79 Å². The molecule has 5 heteroatoms.